The van der Waals surface area contributed by atoms with E-state index < -0.39 is 0 Å². The fourth-order valence-corrected chi connectivity index (χ4v) is 2.14. The Morgan fingerprint density at radius 2 is 2.12 bits per heavy atom. The maximum atomic E-state index is 12.1. The van der Waals surface area contributed by atoms with Gasteiger partial charge in [-0.25, -0.2) is 0 Å². The molecule has 0 bridgehead atoms. The predicted molar refractivity (Wildman–Crippen MR) is 66.4 cm³/mol. The van der Waals surface area contributed by atoms with Crippen molar-refractivity contribution in [1.82, 2.24) is 15.1 Å². The van der Waals surface area contributed by atoms with Gasteiger partial charge in [0.1, 0.15) is 6.04 Å². The second-order valence-corrected chi connectivity index (χ2v) is 4.96. The largest absolute Gasteiger partial charge is 0.352 e. The van der Waals surface area contributed by atoms with Crippen LogP contribution < -0.4 is 5.32 Å². The average Bonchev–Trinajstić information content (AvgIpc) is 2.21. The first-order valence-corrected chi connectivity index (χ1v) is 6.23. The Hall–Kier alpha value is -0.610. The zero-order chi connectivity index (χ0) is 12.1. The first kappa shape index (κ1) is 13.5. The molecule has 1 N–H and O–H groups in total. The van der Waals surface area contributed by atoms with E-state index in [0.717, 1.165) is 32.5 Å². The summed E-state index contributed by atoms with van der Waals surface area (Å²) in [5.41, 5.74) is 0. The molecule has 0 radical (unpaired) electrons. The van der Waals surface area contributed by atoms with Crippen molar-refractivity contribution in [3.63, 3.8) is 0 Å². The first-order valence-electron chi connectivity index (χ1n) is 6.23. The standard InChI is InChI=1S/C12H25N3O/c1-5-6-10(2)13-12(16)11-9-14(3)7-8-15(11)4/h10-11H,5-9H2,1-4H3,(H,13,16). The highest BCUT2D eigenvalue weighted by atomic mass is 16.2. The van der Waals surface area contributed by atoms with Crippen LogP contribution in [0.1, 0.15) is 26.7 Å². The molecule has 0 spiro atoms. The molecule has 2 atom stereocenters. The van der Waals surface area contributed by atoms with Gasteiger partial charge < -0.3 is 10.2 Å². The van der Waals surface area contributed by atoms with Crippen molar-refractivity contribution in [2.45, 2.75) is 38.8 Å². The molecule has 1 aliphatic rings. The van der Waals surface area contributed by atoms with E-state index in [1.165, 1.54) is 0 Å². The number of amides is 1. The van der Waals surface area contributed by atoms with Gasteiger partial charge in [-0.2, -0.15) is 0 Å². The Kier molecular flexibility index (Phi) is 5.22. The van der Waals surface area contributed by atoms with Gasteiger partial charge in [-0.1, -0.05) is 13.3 Å². The van der Waals surface area contributed by atoms with Gasteiger partial charge in [0.15, 0.2) is 0 Å². The van der Waals surface area contributed by atoms with Crippen LogP contribution in [0.25, 0.3) is 0 Å². The molecule has 1 aliphatic heterocycles. The molecule has 0 aromatic carbocycles. The molecular formula is C12H25N3O. The number of rotatable bonds is 4. The van der Waals surface area contributed by atoms with E-state index in [1.807, 2.05) is 7.05 Å². The topological polar surface area (TPSA) is 35.6 Å². The van der Waals surface area contributed by atoms with Crippen LogP contribution in [0.4, 0.5) is 0 Å². The first-order chi connectivity index (χ1) is 7.54. The molecule has 0 aliphatic carbocycles. The van der Waals surface area contributed by atoms with Crippen molar-refractivity contribution in [1.29, 1.82) is 0 Å². The minimum Gasteiger partial charge on any atom is -0.352 e. The Balaban J connectivity index is 2.45. The number of hydrogen-bond donors (Lipinski definition) is 1. The van der Waals surface area contributed by atoms with Crippen LogP contribution in [0.5, 0.6) is 0 Å². The minimum absolute atomic E-state index is 0.0121. The van der Waals surface area contributed by atoms with Gasteiger partial charge in [-0.05, 0) is 27.4 Å². The van der Waals surface area contributed by atoms with E-state index in [1.54, 1.807) is 0 Å². The van der Waals surface area contributed by atoms with E-state index >= 15 is 0 Å². The number of piperazine rings is 1. The maximum absolute atomic E-state index is 12.1. The summed E-state index contributed by atoms with van der Waals surface area (Å²) in [4.78, 5) is 16.4. The number of nitrogens with one attached hydrogen (secondary N) is 1. The van der Waals surface area contributed by atoms with Crippen LogP contribution in [-0.4, -0.2) is 61.5 Å². The quantitative estimate of drug-likeness (QED) is 0.761. The van der Waals surface area contributed by atoms with Crippen LogP contribution in [0.2, 0.25) is 0 Å². The van der Waals surface area contributed by atoms with Crippen LogP contribution >= 0.6 is 0 Å². The molecule has 4 nitrogen and oxygen atoms in total. The normalized spacial score (nSPS) is 25.4. The summed E-state index contributed by atoms with van der Waals surface area (Å²) in [6, 6.07) is 0.302. The summed E-state index contributed by atoms with van der Waals surface area (Å²) in [5, 5.41) is 3.09. The lowest BCUT2D eigenvalue weighted by atomic mass is 10.1. The van der Waals surface area contributed by atoms with E-state index in [4.69, 9.17) is 0 Å². The molecule has 2 unspecified atom stereocenters. The monoisotopic (exact) mass is 227 g/mol. The number of carbonyl (C=O) groups is 1. The number of nitrogens with zero attached hydrogens (tertiary/aromatic N) is 2. The fourth-order valence-electron chi connectivity index (χ4n) is 2.14. The lowest BCUT2D eigenvalue weighted by Gasteiger charge is -2.37. The van der Waals surface area contributed by atoms with Crippen LogP contribution in [0.3, 0.4) is 0 Å². The summed E-state index contributed by atoms with van der Waals surface area (Å²) < 4.78 is 0. The molecule has 16 heavy (non-hydrogen) atoms. The summed E-state index contributed by atoms with van der Waals surface area (Å²) in [7, 11) is 4.10. The van der Waals surface area contributed by atoms with Gasteiger partial charge in [0.2, 0.25) is 5.91 Å². The molecule has 0 aromatic heterocycles. The van der Waals surface area contributed by atoms with Gasteiger partial charge in [0, 0.05) is 25.7 Å². The minimum atomic E-state index is 0.0121. The Morgan fingerprint density at radius 3 is 2.75 bits per heavy atom. The number of carbonyl (C=O) groups excluding carboxylic acids is 1. The van der Waals surface area contributed by atoms with Crippen LogP contribution in [0.15, 0.2) is 0 Å². The molecule has 0 saturated carbocycles. The number of likely N-dealkylation sites (N-methyl/N-ethyl adjacent to an activating group) is 2. The zero-order valence-corrected chi connectivity index (χ0v) is 11.0. The van der Waals surface area contributed by atoms with Gasteiger partial charge in [-0.3, -0.25) is 9.69 Å². The van der Waals surface area contributed by atoms with Crippen LogP contribution in [-0.2, 0) is 4.79 Å². The zero-order valence-electron chi connectivity index (χ0n) is 11.0. The van der Waals surface area contributed by atoms with E-state index in [2.05, 4.69) is 36.0 Å². The molecule has 1 rings (SSSR count). The van der Waals surface area contributed by atoms with Crippen molar-refractivity contribution < 1.29 is 4.79 Å². The van der Waals surface area contributed by atoms with Crippen LogP contribution in [0, 0.1) is 0 Å². The number of hydrogen-bond acceptors (Lipinski definition) is 3. The third kappa shape index (κ3) is 3.76. The molecule has 94 valence electrons. The Bertz CT molecular complexity index is 232. The second kappa shape index (κ2) is 6.21. The molecular weight excluding hydrogens is 202 g/mol. The highest BCUT2D eigenvalue weighted by Gasteiger charge is 2.28. The van der Waals surface area contributed by atoms with Crippen molar-refractivity contribution in [3.05, 3.63) is 0 Å². The predicted octanol–water partition coefficient (Wildman–Crippen LogP) is 0.537. The van der Waals surface area contributed by atoms with E-state index in [9.17, 15) is 4.79 Å². The summed E-state index contributed by atoms with van der Waals surface area (Å²) in [6.07, 6.45) is 2.17. The highest BCUT2D eigenvalue weighted by molar-refractivity contribution is 5.82. The van der Waals surface area contributed by atoms with Crippen molar-refractivity contribution >= 4 is 5.91 Å². The molecule has 1 fully saturated rings. The van der Waals surface area contributed by atoms with Crippen molar-refractivity contribution in [2.24, 2.45) is 0 Å². The smallest absolute Gasteiger partial charge is 0.238 e. The third-order valence-corrected chi connectivity index (χ3v) is 3.26. The summed E-state index contributed by atoms with van der Waals surface area (Å²) in [5.74, 6) is 0.176. The summed E-state index contributed by atoms with van der Waals surface area (Å²) >= 11 is 0. The van der Waals surface area contributed by atoms with E-state index in [-0.39, 0.29) is 18.0 Å². The van der Waals surface area contributed by atoms with Gasteiger partial charge in [0.25, 0.3) is 0 Å². The van der Waals surface area contributed by atoms with Crippen molar-refractivity contribution in [2.75, 3.05) is 33.7 Å². The van der Waals surface area contributed by atoms with Gasteiger partial charge >= 0.3 is 0 Å². The maximum Gasteiger partial charge on any atom is 0.238 e. The van der Waals surface area contributed by atoms with Gasteiger partial charge in [-0.15, -0.1) is 0 Å². The van der Waals surface area contributed by atoms with E-state index in [0.29, 0.717) is 0 Å². The molecule has 1 saturated heterocycles. The lowest BCUT2D eigenvalue weighted by Crippen LogP contribution is -2.57. The fraction of sp³-hybridized carbons (Fsp3) is 0.917. The second-order valence-electron chi connectivity index (χ2n) is 4.96. The molecule has 1 heterocycles. The molecule has 4 heteroatoms. The SMILES string of the molecule is CCCC(C)NC(=O)C1CN(C)CCN1C. The van der Waals surface area contributed by atoms with Crippen molar-refractivity contribution in [3.8, 4) is 0 Å². The molecule has 0 aromatic rings. The third-order valence-electron chi connectivity index (χ3n) is 3.26. The lowest BCUT2D eigenvalue weighted by molar-refractivity contribution is -0.128. The highest BCUT2D eigenvalue weighted by Crippen LogP contribution is 2.07. The Labute approximate surface area is 99.0 Å². The van der Waals surface area contributed by atoms with Gasteiger partial charge in [0.05, 0.1) is 0 Å². The molecule has 1 amide bonds. The Morgan fingerprint density at radius 1 is 1.44 bits per heavy atom. The average molecular weight is 227 g/mol. The summed E-state index contributed by atoms with van der Waals surface area (Å²) in [6.45, 7) is 7.07.